The smallest absolute Gasteiger partial charge is 0.196 e. The number of Topliss-reactive ketones (excluding diaryl/α,β-unsaturated/α-hetero) is 1. The lowest BCUT2D eigenvalue weighted by Gasteiger charge is -2.14. The normalized spacial score (nSPS) is 11.7. The summed E-state index contributed by atoms with van der Waals surface area (Å²) in [6.45, 7) is 1.64. The molecular weight excluding hydrogens is 450 g/mol. The Morgan fingerprint density at radius 1 is 1.00 bits per heavy atom. The third kappa shape index (κ3) is 5.65. The molecule has 34 heavy (non-hydrogen) atoms. The average molecular weight is 476 g/mol. The van der Waals surface area contributed by atoms with E-state index in [1.54, 1.807) is 31.4 Å². The molecule has 7 nitrogen and oxygen atoms in total. The van der Waals surface area contributed by atoms with Crippen LogP contribution in [0.25, 0.3) is 17.1 Å². The fourth-order valence-corrected chi connectivity index (χ4v) is 4.18. The predicted molar refractivity (Wildman–Crippen MR) is 132 cm³/mol. The molecule has 1 heterocycles. The number of ketones is 1. The fraction of sp³-hybridized carbons (Fsp3) is 0.192. The van der Waals surface area contributed by atoms with Gasteiger partial charge in [-0.3, -0.25) is 9.36 Å². The molecule has 0 spiro atoms. The molecule has 174 valence electrons. The summed E-state index contributed by atoms with van der Waals surface area (Å²) in [5.74, 6) is 2.39. The van der Waals surface area contributed by atoms with Gasteiger partial charge in [0.05, 0.1) is 13.2 Å². The van der Waals surface area contributed by atoms with E-state index in [0.717, 1.165) is 17.0 Å². The van der Waals surface area contributed by atoms with E-state index in [9.17, 15) is 9.90 Å². The minimum absolute atomic E-state index is 0.00108. The second kappa shape index (κ2) is 11.0. The second-order valence-electron chi connectivity index (χ2n) is 7.57. The maximum Gasteiger partial charge on any atom is 0.196 e. The number of benzene rings is 3. The lowest BCUT2D eigenvalue weighted by molar-refractivity contribution is 0.101. The molecule has 1 aromatic heterocycles. The van der Waals surface area contributed by atoms with Crippen LogP contribution < -0.4 is 9.47 Å². The molecule has 3 aromatic carbocycles. The molecule has 0 aliphatic carbocycles. The summed E-state index contributed by atoms with van der Waals surface area (Å²) in [6, 6.07) is 24.4. The van der Waals surface area contributed by atoms with Gasteiger partial charge in [0.1, 0.15) is 18.1 Å². The maximum absolute atomic E-state index is 11.4. The highest BCUT2D eigenvalue weighted by atomic mass is 32.2. The highest BCUT2D eigenvalue weighted by molar-refractivity contribution is 7.99. The van der Waals surface area contributed by atoms with Crippen molar-refractivity contribution in [3.63, 3.8) is 0 Å². The number of aliphatic hydroxyl groups excluding tert-OH is 1. The first-order valence-corrected chi connectivity index (χ1v) is 11.7. The number of para-hydroxylation sites is 1. The van der Waals surface area contributed by atoms with Crippen LogP contribution >= 0.6 is 11.8 Å². The molecule has 0 saturated heterocycles. The standard InChI is InChI=1S/C26H25N3O4S/c1-18(30)19-11-13-23(14-12-19)33-16-22(31)17-34-26-28-27-25(20-7-6-10-24(15-20)32-2)29(26)21-8-4-3-5-9-21/h3-15,22,31H,16-17H2,1-2H3. The fourth-order valence-electron chi connectivity index (χ4n) is 3.32. The Morgan fingerprint density at radius 2 is 1.76 bits per heavy atom. The van der Waals surface area contributed by atoms with Crippen LogP contribution in [0.5, 0.6) is 11.5 Å². The predicted octanol–water partition coefficient (Wildman–Crippen LogP) is 4.68. The van der Waals surface area contributed by atoms with Crippen molar-refractivity contribution in [3.05, 3.63) is 84.4 Å². The molecule has 0 fully saturated rings. The van der Waals surface area contributed by atoms with Gasteiger partial charge in [-0.25, -0.2) is 0 Å². The van der Waals surface area contributed by atoms with Crippen LogP contribution in [-0.2, 0) is 0 Å². The molecule has 0 amide bonds. The van der Waals surface area contributed by atoms with Crippen LogP contribution in [0.3, 0.4) is 0 Å². The summed E-state index contributed by atoms with van der Waals surface area (Å²) in [7, 11) is 1.63. The van der Waals surface area contributed by atoms with Crippen molar-refractivity contribution in [1.82, 2.24) is 14.8 Å². The number of thioether (sulfide) groups is 1. The Kier molecular flexibility index (Phi) is 7.61. The van der Waals surface area contributed by atoms with Crippen molar-refractivity contribution in [1.29, 1.82) is 0 Å². The SMILES string of the molecule is COc1cccc(-c2nnc(SCC(O)COc3ccc(C(C)=O)cc3)n2-c2ccccc2)c1. The molecule has 1 N–H and O–H groups in total. The van der Waals surface area contributed by atoms with Gasteiger partial charge in [-0.1, -0.05) is 42.1 Å². The van der Waals surface area contributed by atoms with Crippen LogP contribution in [0.1, 0.15) is 17.3 Å². The molecule has 0 saturated carbocycles. The number of hydrogen-bond acceptors (Lipinski definition) is 7. The van der Waals surface area contributed by atoms with E-state index >= 15 is 0 Å². The maximum atomic E-state index is 11.4. The zero-order chi connectivity index (χ0) is 23.9. The highest BCUT2D eigenvalue weighted by Crippen LogP contribution is 2.30. The number of methoxy groups -OCH3 is 1. The zero-order valence-electron chi connectivity index (χ0n) is 18.9. The number of nitrogens with zero attached hydrogens (tertiary/aromatic N) is 3. The molecule has 1 atom stereocenters. The lowest BCUT2D eigenvalue weighted by atomic mass is 10.1. The van der Waals surface area contributed by atoms with E-state index in [-0.39, 0.29) is 12.4 Å². The van der Waals surface area contributed by atoms with E-state index in [4.69, 9.17) is 9.47 Å². The molecule has 0 aliphatic rings. The number of rotatable bonds is 10. The van der Waals surface area contributed by atoms with Gasteiger partial charge >= 0.3 is 0 Å². The van der Waals surface area contributed by atoms with Crippen LogP contribution in [-0.4, -0.2) is 51.2 Å². The van der Waals surface area contributed by atoms with Crippen molar-refractivity contribution >= 4 is 17.5 Å². The molecular formula is C26H25N3O4S. The first kappa shape index (κ1) is 23.5. The van der Waals surface area contributed by atoms with Crippen molar-refractivity contribution in [2.75, 3.05) is 19.5 Å². The quantitative estimate of drug-likeness (QED) is 0.263. The number of ether oxygens (including phenoxy) is 2. The molecule has 0 bridgehead atoms. The first-order valence-electron chi connectivity index (χ1n) is 10.7. The Bertz CT molecular complexity index is 1240. The molecule has 0 aliphatic heterocycles. The Morgan fingerprint density at radius 3 is 2.47 bits per heavy atom. The highest BCUT2D eigenvalue weighted by Gasteiger charge is 2.18. The Hall–Kier alpha value is -3.62. The summed E-state index contributed by atoms with van der Waals surface area (Å²) < 4.78 is 13.0. The monoisotopic (exact) mass is 475 g/mol. The Balaban J connectivity index is 1.48. The average Bonchev–Trinajstić information content (AvgIpc) is 3.31. The summed E-state index contributed by atoms with van der Waals surface area (Å²) in [5, 5.41) is 20.0. The van der Waals surface area contributed by atoms with Crippen molar-refractivity contribution in [2.24, 2.45) is 0 Å². The van der Waals surface area contributed by atoms with Gasteiger partial charge in [-0.15, -0.1) is 10.2 Å². The number of aromatic nitrogens is 3. The summed E-state index contributed by atoms with van der Waals surface area (Å²) >= 11 is 1.40. The van der Waals surface area contributed by atoms with Crippen LogP contribution in [0.15, 0.2) is 84.0 Å². The number of carbonyl (C=O) groups is 1. The summed E-state index contributed by atoms with van der Waals surface area (Å²) in [4.78, 5) is 11.4. The minimum atomic E-state index is -0.723. The van der Waals surface area contributed by atoms with Crippen molar-refractivity contribution in [2.45, 2.75) is 18.2 Å². The van der Waals surface area contributed by atoms with E-state index in [1.165, 1.54) is 18.7 Å². The molecule has 4 aromatic rings. The number of hydrogen-bond donors (Lipinski definition) is 1. The largest absolute Gasteiger partial charge is 0.497 e. The van der Waals surface area contributed by atoms with Gasteiger partial charge < -0.3 is 14.6 Å². The molecule has 1 unspecified atom stereocenters. The molecule has 0 radical (unpaired) electrons. The van der Waals surface area contributed by atoms with Gasteiger partial charge in [0.25, 0.3) is 0 Å². The van der Waals surface area contributed by atoms with Crippen LogP contribution in [0.2, 0.25) is 0 Å². The summed E-state index contributed by atoms with van der Waals surface area (Å²) in [6.07, 6.45) is -0.723. The van der Waals surface area contributed by atoms with E-state index in [1.807, 2.05) is 59.2 Å². The van der Waals surface area contributed by atoms with Crippen molar-refractivity contribution in [3.8, 4) is 28.6 Å². The topological polar surface area (TPSA) is 86.5 Å². The number of carbonyl (C=O) groups excluding carboxylic acids is 1. The van der Waals surface area contributed by atoms with E-state index < -0.39 is 6.10 Å². The Labute approximate surface area is 202 Å². The minimum Gasteiger partial charge on any atom is -0.497 e. The molecule has 4 rings (SSSR count). The van der Waals surface area contributed by atoms with E-state index in [0.29, 0.717) is 28.0 Å². The van der Waals surface area contributed by atoms with Gasteiger partial charge in [-0.05, 0) is 55.5 Å². The van der Waals surface area contributed by atoms with Crippen molar-refractivity contribution < 1.29 is 19.4 Å². The van der Waals surface area contributed by atoms with E-state index in [2.05, 4.69) is 10.2 Å². The summed E-state index contributed by atoms with van der Waals surface area (Å²) in [5.41, 5.74) is 2.42. The second-order valence-corrected chi connectivity index (χ2v) is 8.55. The number of aliphatic hydroxyl groups is 1. The third-order valence-electron chi connectivity index (χ3n) is 5.08. The third-order valence-corrected chi connectivity index (χ3v) is 6.16. The van der Waals surface area contributed by atoms with Gasteiger partial charge in [0, 0.05) is 22.6 Å². The molecule has 8 heteroatoms. The first-order chi connectivity index (χ1) is 16.5. The van der Waals surface area contributed by atoms with Crippen LogP contribution in [0.4, 0.5) is 0 Å². The van der Waals surface area contributed by atoms with Gasteiger partial charge in [-0.2, -0.15) is 0 Å². The van der Waals surface area contributed by atoms with Crippen LogP contribution in [0, 0.1) is 0 Å². The van der Waals surface area contributed by atoms with Gasteiger partial charge in [0.15, 0.2) is 16.8 Å². The van der Waals surface area contributed by atoms with Gasteiger partial charge in [0.2, 0.25) is 0 Å². The lowest BCUT2D eigenvalue weighted by Crippen LogP contribution is -2.20. The zero-order valence-corrected chi connectivity index (χ0v) is 19.7.